The second kappa shape index (κ2) is 8.76. The third-order valence-electron chi connectivity index (χ3n) is 6.68. The Balaban J connectivity index is 1.39. The van der Waals surface area contributed by atoms with Crippen LogP contribution >= 0.6 is 0 Å². The van der Waals surface area contributed by atoms with E-state index in [0.717, 1.165) is 58.5 Å². The maximum atomic E-state index is 13.3. The molecule has 1 aromatic heterocycles. The normalized spacial score (nSPS) is 30.4. The molecule has 4 rings (SSSR count). The number of carbonyl (C=O) groups excluding carboxylic acids is 2. The maximum absolute atomic E-state index is 13.3. The van der Waals surface area contributed by atoms with Gasteiger partial charge in [0.05, 0.1) is 25.2 Å². The topological polar surface area (TPSA) is 122 Å². The molecule has 0 unspecified atom stereocenters. The number of fused-ring (bicyclic) bond motifs is 1. The molecule has 1 aromatic rings. The van der Waals surface area contributed by atoms with Gasteiger partial charge in [0.1, 0.15) is 0 Å². The molecule has 1 aliphatic carbocycles. The number of morpholine rings is 1. The Morgan fingerprint density at radius 2 is 2.14 bits per heavy atom. The predicted molar refractivity (Wildman–Crippen MR) is 103 cm³/mol. The molecule has 3 atom stereocenters. The molecule has 0 radical (unpaired) electrons. The average Bonchev–Trinajstić information content (AvgIpc) is 3.26. The van der Waals surface area contributed by atoms with Gasteiger partial charge < -0.3 is 25.2 Å². The number of hydrogen-bond acceptors (Lipinski definition) is 8. The SMILES string of the molecule is CNC(=O)c1noc(CNC(=O)[C@@]23CC[C@@H](N4CCOCC4)C[C@H]2CCNC3)n1. The summed E-state index contributed by atoms with van der Waals surface area (Å²) in [5.41, 5.74) is -0.398. The molecule has 3 N–H and O–H groups in total. The third kappa shape index (κ3) is 4.15. The molecule has 3 heterocycles. The first-order valence-electron chi connectivity index (χ1n) is 10.5. The molecule has 0 spiro atoms. The highest BCUT2D eigenvalue weighted by Gasteiger charge is 2.50. The Morgan fingerprint density at radius 3 is 2.93 bits per heavy atom. The van der Waals surface area contributed by atoms with Crippen molar-refractivity contribution in [1.29, 1.82) is 0 Å². The van der Waals surface area contributed by atoms with Crippen LogP contribution in [0, 0.1) is 11.3 Å². The van der Waals surface area contributed by atoms with Crippen LogP contribution in [0.2, 0.25) is 0 Å². The Bertz CT molecular complexity index is 734. The number of aromatic nitrogens is 2. The number of ether oxygens (including phenoxy) is 1. The molecule has 2 amide bonds. The molecule has 10 nitrogen and oxygen atoms in total. The van der Waals surface area contributed by atoms with Gasteiger partial charge in [0.2, 0.25) is 11.8 Å². The van der Waals surface area contributed by atoms with Crippen LogP contribution in [0.25, 0.3) is 0 Å². The summed E-state index contributed by atoms with van der Waals surface area (Å²) in [5.74, 6) is 0.181. The fraction of sp³-hybridized carbons (Fsp3) is 0.789. The van der Waals surface area contributed by atoms with Gasteiger partial charge in [0.15, 0.2) is 0 Å². The van der Waals surface area contributed by atoms with E-state index in [-0.39, 0.29) is 24.2 Å². The van der Waals surface area contributed by atoms with E-state index in [2.05, 4.69) is 31.0 Å². The number of carbonyl (C=O) groups is 2. The maximum Gasteiger partial charge on any atom is 0.292 e. The number of amides is 2. The average molecular weight is 406 g/mol. The zero-order valence-electron chi connectivity index (χ0n) is 16.9. The summed E-state index contributed by atoms with van der Waals surface area (Å²) in [4.78, 5) is 31.4. The van der Waals surface area contributed by atoms with Crippen molar-refractivity contribution in [3.63, 3.8) is 0 Å². The summed E-state index contributed by atoms with van der Waals surface area (Å²) >= 11 is 0. The van der Waals surface area contributed by atoms with Crippen LogP contribution in [0.15, 0.2) is 4.52 Å². The lowest BCUT2D eigenvalue weighted by molar-refractivity contribution is -0.140. The standard InChI is InChI=1S/C19H30N6O4/c1-20-17(26)16-23-15(29-24-16)11-22-18(27)19-4-2-14(25-6-8-28-9-7-25)10-13(19)3-5-21-12-19/h13-14,21H,2-12H2,1H3,(H,20,26)(H,22,27)/t13-,14-,19-/m1/s1. The van der Waals surface area contributed by atoms with Gasteiger partial charge in [0.25, 0.3) is 11.7 Å². The van der Waals surface area contributed by atoms with Crippen molar-refractivity contribution in [1.82, 2.24) is 31.0 Å². The van der Waals surface area contributed by atoms with Crippen LogP contribution in [0.5, 0.6) is 0 Å². The first-order chi connectivity index (χ1) is 14.1. The summed E-state index contributed by atoms with van der Waals surface area (Å²) < 4.78 is 10.6. The van der Waals surface area contributed by atoms with E-state index >= 15 is 0 Å². The molecule has 1 saturated carbocycles. The molecule has 3 fully saturated rings. The highest BCUT2D eigenvalue weighted by molar-refractivity contribution is 5.89. The number of rotatable bonds is 5. The summed E-state index contributed by atoms with van der Waals surface area (Å²) in [6, 6.07) is 0.536. The lowest BCUT2D eigenvalue weighted by Crippen LogP contribution is -2.60. The van der Waals surface area contributed by atoms with Crippen molar-refractivity contribution in [3.05, 3.63) is 11.7 Å². The Hall–Kier alpha value is -2.04. The molecule has 3 aliphatic rings. The minimum Gasteiger partial charge on any atom is -0.379 e. The molecular weight excluding hydrogens is 376 g/mol. The van der Waals surface area contributed by atoms with Crippen LogP contribution in [0.3, 0.4) is 0 Å². The molecule has 29 heavy (non-hydrogen) atoms. The molecular formula is C19H30N6O4. The summed E-state index contributed by atoms with van der Waals surface area (Å²) in [6.07, 6.45) is 3.95. The van der Waals surface area contributed by atoms with E-state index in [1.54, 1.807) is 0 Å². The van der Waals surface area contributed by atoms with Crippen LogP contribution in [-0.2, 0) is 16.1 Å². The van der Waals surface area contributed by atoms with E-state index in [1.165, 1.54) is 7.05 Å². The summed E-state index contributed by atoms with van der Waals surface area (Å²) in [6.45, 7) is 5.36. The fourth-order valence-electron chi connectivity index (χ4n) is 5.03. The lowest BCUT2D eigenvalue weighted by Gasteiger charge is -2.50. The van der Waals surface area contributed by atoms with E-state index in [9.17, 15) is 9.59 Å². The zero-order chi connectivity index (χ0) is 20.3. The largest absolute Gasteiger partial charge is 0.379 e. The van der Waals surface area contributed by atoms with Gasteiger partial charge >= 0.3 is 0 Å². The van der Waals surface area contributed by atoms with E-state index in [0.29, 0.717) is 18.5 Å². The number of hydrogen-bond donors (Lipinski definition) is 3. The van der Waals surface area contributed by atoms with Gasteiger partial charge in [0, 0.05) is 32.7 Å². The summed E-state index contributed by atoms with van der Waals surface area (Å²) in [7, 11) is 1.50. The highest BCUT2D eigenvalue weighted by Crippen LogP contribution is 2.46. The number of piperidine rings is 1. The van der Waals surface area contributed by atoms with Crippen molar-refractivity contribution >= 4 is 11.8 Å². The smallest absolute Gasteiger partial charge is 0.292 e. The number of nitrogens with one attached hydrogen (secondary N) is 3. The van der Waals surface area contributed by atoms with Gasteiger partial charge in [-0.25, -0.2) is 0 Å². The minimum atomic E-state index is -0.414. The molecule has 2 saturated heterocycles. The van der Waals surface area contributed by atoms with Crippen molar-refractivity contribution in [3.8, 4) is 0 Å². The van der Waals surface area contributed by atoms with Crippen molar-refractivity contribution < 1.29 is 18.8 Å². The summed E-state index contributed by atoms with van der Waals surface area (Å²) in [5, 5.41) is 12.5. The van der Waals surface area contributed by atoms with Gasteiger partial charge in [-0.1, -0.05) is 5.16 Å². The van der Waals surface area contributed by atoms with Crippen LogP contribution in [-0.4, -0.2) is 79.3 Å². The Labute approximate surface area is 170 Å². The Kier molecular flexibility index (Phi) is 6.12. The zero-order valence-corrected chi connectivity index (χ0v) is 16.9. The van der Waals surface area contributed by atoms with E-state index in [4.69, 9.17) is 9.26 Å². The Morgan fingerprint density at radius 1 is 1.31 bits per heavy atom. The second-order valence-corrected chi connectivity index (χ2v) is 8.17. The van der Waals surface area contributed by atoms with Crippen molar-refractivity contribution in [2.75, 3.05) is 46.4 Å². The lowest BCUT2D eigenvalue weighted by atomic mass is 9.61. The van der Waals surface area contributed by atoms with E-state index < -0.39 is 11.3 Å². The minimum absolute atomic E-state index is 0.0295. The number of nitrogens with zero attached hydrogens (tertiary/aromatic N) is 3. The fourth-order valence-corrected chi connectivity index (χ4v) is 5.03. The molecule has 0 bridgehead atoms. The molecule has 10 heteroatoms. The van der Waals surface area contributed by atoms with Gasteiger partial charge in [-0.15, -0.1) is 0 Å². The van der Waals surface area contributed by atoms with Crippen molar-refractivity contribution in [2.45, 2.75) is 38.3 Å². The predicted octanol–water partition coefficient (Wildman–Crippen LogP) is -0.474. The third-order valence-corrected chi connectivity index (χ3v) is 6.68. The van der Waals surface area contributed by atoms with Crippen LogP contribution in [0.1, 0.15) is 42.2 Å². The van der Waals surface area contributed by atoms with Gasteiger partial charge in [-0.3, -0.25) is 14.5 Å². The second-order valence-electron chi connectivity index (χ2n) is 8.17. The quantitative estimate of drug-likeness (QED) is 0.600. The first-order valence-corrected chi connectivity index (χ1v) is 10.5. The van der Waals surface area contributed by atoms with Crippen LogP contribution < -0.4 is 16.0 Å². The molecule has 160 valence electrons. The van der Waals surface area contributed by atoms with Gasteiger partial charge in [-0.05, 0) is 38.1 Å². The molecule has 0 aromatic carbocycles. The van der Waals surface area contributed by atoms with Gasteiger partial charge in [-0.2, -0.15) is 4.98 Å². The van der Waals surface area contributed by atoms with Crippen molar-refractivity contribution in [2.24, 2.45) is 11.3 Å². The first kappa shape index (κ1) is 20.2. The highest BCUT2D eigenvalue weighted by atomic mass is 16.5. The van der Waals surface area contributed by atoms with E-state index in [1.807, 2.05) is 0 Å². The van der Waals surface area contributed by atoms with Crippen LogP contribution in [0.4, 0.5) is 0 Å². The monoisotopic (exact) mass is 406 g/mol. The molecule has 2 aliphatic heterocycles.